The molecule has 0 saturated heterocycles. The van der Waals surface area contributed by atoms with Gasteiger partial charge in [0.2, 0.25) is 0 Å². The number of hydrazine groups is 1. The lowest BCUT2D eigenvalue weighted by molar-refractivity contribution is 0.225. The number of allylic oxidation sites excluding steroid dienone is 1. The van der Waals surface area contributed by atoms with Crippen LogP contribution < -0.4 is 10.7 Å². The van der Waals surface area contributed by atoms with E-state index in [1.54, 1.807) is 0 Å². The van der Waals surface area contributed by atoms with E-state index in [0.29, 0.717) is 0 Å². The summed E-state index contributed by atoms with van der Waals surface area (Å²) in [5, 5.41) is 5.91. The minimum atomic E-state index is -0.319. The van der Waals surface area contributed by atoms with Crippen LogP contribution in [0.15, 0.2) is 47.4 Å². The molecule has 1 aromatic rings. The second-order valence-electron chi connectivity index (χ2n) is 8.13. The van der Waals surface area contributed by atoms with E-state index in [1.165, 1.54) is 48.8 Å². The maximum absolute atomic E-state index is 4.85. The summed E-state index contributed by atoms with van der Waals surface area (Å²) in [5.41, 5.74) is 8.11. The van der Waals surface area contributed by atoms with E-state index < -0.39 is 0 Å². The molecule has 0 amide bonds. The van der Waals surface area contributed by atoms with Crippen molar-refractivity contribution < 1.29 is 0 Å². The zero-order valence-corrected chi connectivity index (χ0v) is 16.2. The quantitative estimate of drug-likeness (QED) is 0.848. The first-order chi connectivity index (χ1) is 12.5. The monoisotopic (exact) mass is 350 g/mol. The van der Waals surface area contributed by atoms with E-state index in [-0.39, 0.29) is 5.66 Å². The Labute approximate surface area is 157 Å². The Morgan fingerprint density at radius 1 is 1.15 bits per heavy atom. The summed E-state index contributed by atoms with van der Waals surface area (Å²) in [4.78, 5) is 4.85. The van der Waals surface area contributed by atoms with E-state index >= 15 is 0 Å². The maximum atomic E-state index is 4.85. The van der Waals surface area contributed by atoms with Crippen LogP contribution in [0.3, 0.4) is 0 Å². The molecule has 1 fully saturated rings. The van der Waals surface area contributed by atoms with Crippen molar-refractivity contribution in [1.82, 2.24) is 15.8 Å². The third kappa shape index (κ3) is 3.36. The normalized spacial score (nSPS) is 26.3. The topological polar surface area (TPSA) is 39.7 Å². The Balaban J connectivity index is 1.66. The van der Waals surface area contributed by atoms with E-state index in [0.717, 1.165) is 24.0 Å². The van der Waals surface area contributed by atoms with Crippen molar-refractivity contribution in [2.75, 3.05) is 6.54 Å². The molecule has 1 saturated carbocycles. The van der Waals surface area contributed by atoms with Crippen LogP contribution in [-0.4, -0.2) is 22.9 Å². The number of aliphatic imine (C=N–C) groups is 1. The summed E-state index contributed by atoms with van der Waals surface area (Å²) in [7, 11) is 0. The van der Waals surface area contributed by atoms with Crippen LogP contribution in [-0.2, 0) is 0 Å². The summed E-state index contributed by atoms with van der Waals surface area (Å²) in [6.45, 7) is 7.48. The lowest BCUT2D eigenvalue weighted by atomic mass is 9.88. The van der Waals surface area contributed by atoms with Crippen LogP contribution in [0.2, 0.25) is 0 Å². The molecule has 4 nitrogen and oxygen atoms in total. The predicted octanol–water partition coefficient (Wildman–Crippen LogP) is 4.36. The van der Waals surface area contributed by atoms with Crippen molar-refractivity contribution in [2.45, 2.75) is 58.5 Å². The van der Waals surface area contributed by atoms with Crippen LogP contribution in [0.1, 0.15) is 57.1 Å². The van der Waals surface area contributed by atoms with Crippen LogP contribution in [0.5, 0.6) is 0 Å². The van der Waals surface area contributed by atoms with Crippen LogP contribution in [0.4, 0.5) is 0 Å². The lowest BCUT2D eigenvalue weighted by Gasteiger charge is -2.33. The van der Waals surface area contributed by atoms with Crippen molar-refractivity contribution in [2.24, 2.45) is 10.9 Å². The third-order valence-electron chi connectivity index (χ3n) is 5.85. The standard InChI is InChI=1S/C22H30N4/c1-16-9-11-19(12-10-16)20-21-24-17(2)13-14-26(21)25-22(20,3)23-15-18-7-5-4-6-8-18/h9-14,18,23,25H,4-8,15H2,1-3H3. The number of rotatable bonds is 4. The molecule has 4 rings (SSSR count). The van der Waals surface area contributed by atoms with Gasteiger partial charge in [0.25, 0.3) is 0 Å². The Morgan fingerprint density at radius 3 is 2.62 bits per heavy atom. The minimum Gasteiger partial charge on any atom is -0.294 e. The summed E-state index contributed by atoms with van der Waals surface area (Å²) < 4.78 is 0. The molecule has 1 aromatic carbocycles. The van der Waals surface area contributed by atoms with E-state index in [9.17, 15) is 0 Å². The Kier molecular flexibility index (Phi) is 4.72. The van der Waals surface area contributed by atoms with Gasteiger partial charge in [0, 0.05) is 24.0 Å². The van der Waals surface area contributed by atoms with Gasteiger partial charge in [0.1, 0.15) is 5.66 Å². The average Bonchev–Trinajstić information content (AvgIpc) is 2.94. The molecule has 2 N–H and O–H groups in total. The van der Waals surface area contributed by atoms with Gasteiger partial charge in [-0.05, 0) is 51.2 Å². The van der Waals surface area contributed by atoms with E-state index in [4.69, 9.17) is 4.99 Å². The van der Waals surface area contributed by atoms with Crippen molar-refractivity contribution >= 4 is 11.3 Å². The van der Waals surface area contributed by atoms with Crippen molar-refractivity contribution in [3.8, 4) is 0 Å². The van der Waals surface area contributed by atoms with Gasteiger partial charge in [0.15, 0.2) is 5.82 Å². The molecule has 0 aromatic heterocycles. The molecule has 2 aliphatic heterocycles. The maximum Gasteiger partial charge on any atom is 0.154 e. The number of nitrogens with one attached hydrogen (secondary N) is 2. The van der Waals surface area contributed by atoms with Gasteiger partial charge in [-0.2, -0.15) is 0 Å². The first-order valence-corrected chi connectivity index (χ1v) is 9.92. The third-order valence-corrected chi connectivity index (χ3v) is 5.85. The highest BCUT2D eigenvalue weighted by molar-refractivity contribution is 5.95. The summed E-state index contributed by atoms with van der Waals surface area (Å²) >= 11 is 0. The van der Waals surface area contributed by atoms with Gasteiger partial charge in [-0.25, -0.2) is 10.4 Å². The molecular formula is C22H30N4. The average molecular weight is 351 g/mol. The van der Waals surface area contributed by atoms with Gasteiger partial charge in [0.05, 0.1) is 0 Å². The molecular weight excluding hydrogens is 320 g/mol. The summed E-state index contributed by atoms with van der Waals surface area (Å²) in [6.07, 6.45) is 11.0. The van der Waals surface area contributed by atoms with Crippen molar-refractivity contribution in [3.63, 3.8) is 0 Å². The molecule has 3 aliphatic rings. The highest BCUT2D eigenvalue weighted by Gasteiger charge is 2.42. The molecule has 138 valence electrons. The minimum absolute atomic E-state index is 0.319. The smallest absolute Gasteiger partial charge is 0.154 e. The van der Waals surface area contributed by atoms with Crippen molar-refractivity contribution in [3.05, 3.63) is 53.5 Å². The zero-order chi connectivity index (χ0) is 18.1. The van der Waals surface area contributed by atoms with Crippen LogP contribution in [0.25, 0.3) is 5.57 Å². The number of hydrogen-bond donors (Lipinski definition) is 2. The number of nitrogens with zero attached hydrogens (tertiary/aromatic N) is 2. The fourth-order valence-corrected chi connectivity index (χ4v) is 4.30. The van der Waals surface area contributed by atoms with Crippen LogP contribution in [0, 0.1) is 12.8 Å². The fraction of sp³-hybridized carbons (Fsp3) is 0.500. The molecule has 0 spiro atoms. The highest BCUT2D eigenvalue weighted by Crippen LogP contribution is 2.38. The molecule has 0 radical (unpaired) electrons. The molecule has 4 heteroatoms. The van der Waals surface area contributed by atoms with Gasteiger partial charge in [-0.3, -0.25) is 10.3 Å². The lowest BCUT2D eigenvalue weighted by Crippen LogP contribution is -2.56. The number of benzene rings is 1. The Morgan fingerprint density at radius 2 is 1.88 bits per heavy atom. The van der Waals surface area contributed by atoms with Gasteiger partial charge in [-0.15, -0.1) is 0 Å². The fourth-order valence-electron chi connectivity index (χ4n) is 4.30. The first kappa shape index (κ1) is 17.5. The molecule has 1 atom stereocenters. The highest BCUT2D eigenvalue weighted by atomic mass is 15.6. The van der Waals surface area contributed by atoms with Crippen molar-refractivity contribution in [1.29, 1.82) is 0 Å². The zero-order valence-electron chi connectivity index (χ0n) is 16.2. The van der Waals surface area contributed by atoms with Gasteiger partial charge in [-0.1, -0.05) is 49.1 Å². The predicted molar refractivity (Wildman–Crippen MR) is 108 cm³/mol. The second-order valence-corrected chi connectivity index (χ2v) is 8.13. The number of aryl methyl sites for hydroxylation is 1. The molecule has 1 aliphatic carbocycles. The molecule has 1 unspecified atom stereocenters. The number of hydrogen-bond acceptors (Lipinski definition) is 4. The first-order valence-electron chi connectivity index (χ1n) is 9.92. The van der Waals surface area contributed by atoms with Gasteiger partial charge < -0.3 is 0 Å². The molecule has 0 bridgehead atoms. The Bertz CT molecular complexity index is 753. The largest absolute Gasteiger partial charge is 0.294 e. The summed E-state index contributed by atoms with van der Waals surface area (Å²) in [5.74, 6) is 1.79. The molecule has 2 heterocycles. The SMILES string of the molecule is CC1=NC2=C(c3ccc(C)cc3)C(C)(NCC3CCCCC3)NN2C=C1. The van der Waals surface area contributed by atoms with Crippen LogP contribution >= 0.6 is 0 Å². The number of fused-ring (bicyclic) bond motifs is 1. The van der Waals surface area contributed by atoms with E-state index in [1.807, 2.05) is 0 Å². The Hall–Kier alpha value is -1.91. The summed E-state index contributed by atoms with van der Waals surface area (Å²) in [6, 6.07) is 8.80. The van der Waals surface area contributed by atoms with E-state index in [2.05, 4.69) is 73.1 Å². The molecule has 26 heavy (non-hydrogen) atoms. The second kappa shape index (κ2) is 7.01. The van der Waals surface area contributed by atoms with Gasteiger partial charge >= 0.3 is 0 Å².